The van der Waals surface area contributed by atoms with Crippen LogP contribution in [0.5, 0.6) is 11.5 Å². The summed E-state index contributed by atoms with van der Waals surface area (Å²) in [5, 5.41) is 0. The summed E-state index contributed by atoms with van der Waals surface area (Å²) >= 11 is 0. The number of esters is 3. The second-order valence-electron chi connectivity index (χ2n) is 7.43. The van der Waals surface area contributed by atoms with Crippen LogP contribution >= 0.6 is 0 Å². The Bertz CT molecular complexity index is 1190. The van der Waals surface area contributed by atoms with Crippen LogP contribution in [0.25, 0.3) is 11.1 Å². The molecule has 0 bridgehead atoms. The lowest BCUT2D eigenvalue weighted by Gasteiger charge is -2.08. The van der Waals surface area contributed by atoms with Gasteiger partial charge in [0.25, 0.3) is 0 Å². The number of carbonyl (C=O) groups is 3. The molecule has 0 heterocycles. The van der Waals surface area contributed by atoms with Crippen LogP contribution in [-0.2, 0) is 20.7 Å². The quantitative estimate of drug-likeness (QED) is 0.246. The highest BCUT2D eigenvalue weighted by Gasteiger charge is 2.10. The van der Waals surface area contributed by atoms with Gasteiger partial charge in [-0.05, 0) is 60.0 Å². The van der Waals surface area contributed by atoms with Crippen LogP contribution in [0, 0.1) is 0 Å². The first kappa shape index (κ1) is 24.2. The van der Waals surface area contributed by atoms with Gasteiger partial charge in [0.2, 0.25) is 0 Å². The molecule has 0 amide bonds. The zero-order chi connectivity index (χ0) is 24.5. The molecule has 3 aromatic carbocycles. The molecule has 0 saturated heterocycles. The van der Waals surface area contributed by atoms with Gasteiger partial charge in [-0.1, -0.05) is 49.6 Å². The van der Waals surface area contributed by atoms with E-state index in [1.807, 2.05) is 36.4 Å². The van der Waals surface area contributed by atoms with E-state index < -0.39 is 17.9 Å². The zero-order valence-electron chi connectivity index (χ0n) is 18.8. The molecule has 0 N–H and O–H groups in total. The van der Waals surface area contributed by atoms with Crippen molar-refractivity contribution in [3.63, 3.8) is 0 Å². The molecule has 6 nitrogen and oxygen atoms in total. The number of benzene rings is 3. The highest BCUT2D eigenvalue weighted by Crippen LogP contribution is 2.24. The SMILES string of the molecule is C=CC(=O)OCCc1ccc(OC(=O)c2ccc(-c3ccc(OC(=O)C(=C)C)cc3)cc2)cc1. The van der Waals surface area contributed by atoms with Crippen molar-refractivity contribution in [3.05, 3.63) is 109 Å². The van der Waals surface area contributed by atoms with Gasteiger partial charge in [-0.2, -0.15) is 0 Å². The predicted molar refractivity (Wildman–Crippen MR) is 129 cm³/mol. The Kier molecular flexibility index (Phi) is 8.13. The molecule has 0 saturated carbocycles. The van der Waals surface area contributed by atoms with Gasteiger partial charge in [-0.25, -0.2) is 14.4 Å². The first-order chi connectivity index (χ1) is 16.4. The lowest BCUT2D eigenvalue weighted by atomic mass is 10.0. The molecule has 0 aliphatic carbocycles. The molecule has 0 unspecified atom stereocenters. The lowest BCUT2D eigenvalue weighted by molar-refractivity contribution is -0.137. The molecule has 0 aliphatic heterocycles. The van der Waals surface area contributed by atoms with Gasteiger partial charge in [0, 0.05) is 18.1 Å². The van der Waals surface area contributed by atoms with E-state index in [2.05, 4.69) is 13.2 Å². The van der Waals surface area contributed by atoms with E-state index in [1.165, 1.54) is 0 Å². The third-order valence-corrected chi connectivity index (χ3v) is 4.80. The lowest BCUT2D eigenvalue weighted by Crippen LogP contribution is -2.08. The number of ether oxygens (including phenoxy) is 3. The van der Waals surface area contributed by atoms with Gasteiger partial charge in [0.15, 0.2) is 0 Å². The second-order valence-corrected chi connectivity index (χ2v) is 7.43. The van der Waals surface area contributed by atoms with Gasteiger partial charge in [0.1, 0.15) is 11.5 Å². The summed E-state index contributed by atoms with van der Waals surface area (Å²) in [5.41, 5.74) is 3.49. The first-order valence-electron chi connectivity index (χ1n) is 10.5. The van der Waals surface area contributed by atoms with Crippen molar-refractivity contribution in [3.8, 4) is 22.6 Å². The van der Waals surface area contributed by atoms with Crippen LogP contribution in [0.2, 0.25) is 0 Å². The largest absolute Gasteiger partial charge is 0.462 e. The highest BCUT2D eigenvalue weighted by atomic mass is 16.5. The molecule has 172 valence electrons. The van der Waals surface area contributed by atoms with Crippen molar-refractivity contribution >= 4 is 17.9 Å². The Balaban J connectivity index is 1.56. The minimum absolute atomic E-state index is 0.249. The van der Waals surface area contributed by atoms with E-state index in [0.717, 1.165) is 22.8 Å². The molecule has 0 aromatic heterocycles. The van der Waals surface area contributed by atoms with E-state index in [1.54, 1.807) is 43.3 Å². The average Bonchev–Trinajstić information content (AvgIpc) is 2.85. The van der Waals surface area contributed by atoms with Crippen molar-refractivity contribution < 1.29 is 28.6 Å². The summed E-state index contributed by atoms with van der Waals surface area (Å²) < 4.78 is 15.6. The van der Waals surface area contributed by atoms with Crippen molar-refractivity contribution in [2.24, 2.45) is 0 Å². The third kappa shape index (κ3) is 6.77. The number of carbonyl (C=O) groups excluding carboxylic acids is 3. The second kappa shape index (κ2) is 11.4. The molecule has 0 aliphatic rings. The monoisotopic (exact) mass is 456 g/mol. The van der Waals surface area contributed by atoms with Crippen LogP contribution in [0.3, 0.4) is 0 Å². The summed E-state index contributed by atoms with van der Waals surface area (Å²) in [6, 6.07) is 21.1. The minimum Gasteiger partial charge on any atom is -0.462 e. The van der Waals surface area contributed by atoms with Crippen molar-refractivity contribution in [2.45, 2.75) is 13.3 Å². The van der Waals surface area contributed by atoms with Gasteiger partial charge in [-0.3, -0.25) is 0 Å². The molecule has 0 spiro atoms. The summed E-state index contributed by atoms with van der Waals surface area (Å²) in [7, 11) is 0. The molecule has 0 radical (unpaired) electrons. The molecule has 34 heavy (non-hydrogen) atoms. The molecule has 0 atom stereocenters. The predicted octanol–water partition coefficient (Wildman–Crippen LogP) is 5.33. The molecule has 6 heteroatoms. The van der Waals surface area contributed by atoms with E-state index in [-0.39, 0.29) is 6.61 Å². The fourth-order valence-electron chi connectivity index (χ4n) is 2.93. The number of hydrogen-bond acceptors (Lipinski definition) is 6. The fraction of sp³-hybridized carbons (Fsp3) is 0.107. The highest BCUT2D eigenvalue weighted by molar-refractivity contribution is 5.91. The van der Waals surface area contributed by atoms with Crippen LogP contribution in [0.1, 0.15) is 22.8 Å². The summed E-state index contributed by atoms with van der Waals surface area (Å²) in [6.07, 6.45) is 1.67. The Labute approximate surface area is 198 Å². The average molecular weight is 456 g/mol. The third-order valence-electron chi connectivity index (χ3n) is 4.80. The maximum Gasteiger partial charge on any atom is 0.343 e. The van der Waals surface area contributed by atoms with E-state index in [0.29, 0.717) is 29.1 Å². The van der Waals surface area contributed by atoms with E-state index in [4.69, 9.17) is 14.2 Å². The van der Waals surface area contributed by atoms with E-state index in [9.17, 15) is 14.4 Å². The standard InChI is InChI=1S/C28H24O6/c1-4-26(29)32-18-17-20-5-13-24(14-6-20)34-28(31)23-9-7-21(8-10-23)22-11-15-25(16-12-22)33-27(30)19(2)3/h4-16H,1-2,17-18H2,3H3. The summed E-state index contributed by atoms with van der Waals surface area (Å²) in [5.74, 6) is -0.556. The minimum atomic E-state index is -0.473. The smallest absolute Gasteiger partial charge is 0.343 e. The molecule has 3 rings (SSSR count). The normalized spacial score (nSPS) is 10.1. The van der Waals surface area contributed by atoms with Crippen LogP contribution in [0.15, 0.2) is 97.6 Å². The van der Waals surface area contributed by atoms with Gasteiger partial charge < -0.3 is 14.2 Å². The number of rotatable bonds is 9. The first-order valence-corrected chi connectivity index (χ1v) is 10.5. The van der Waals surface area contributed by atoms with Crippen molar-refractivity contribution in [2.75, 3.05) is 6.61 Å². The Morgan fingerprint density at radius 3 is 1.88 bits per heavy atom. The maximum atomic E-state index is 12.5. The summed E-state index contributed by atoms with van der Waals surface area (Å²) in [6.45, 7) is 8.74. The van der Waals surface area contributed by atoms with Crippen LogP contribution in [0.4, 0.5) is 0 Å². The van der Waals surface area contributed by atoms with Crippen LogP contribution in [-0.4, -0.2) is 24.5 Å². The van der Waals surface area contributed by atoms with Gasteiger partial charge >= 0.3 is 17.9 Å². The van der Waals surface area contributed by atoms with Crippen molar-refractivity contribution in [1.29, 1.82) is 0 Å². The van der Waals surface area contributed by atoms with E-state index >= 15 is 0 Å². The van der Waals surface area contributed by atoms with Crippen molar-refractivity contribution in [1.82, 2.24) is 0 Å². The Morgan fingerprint density at radius 2 is 1.32 bits per heavy atom. The number of hydrogen-bond donors (Lipinski definition) is 0. The Hall–Kier alpha value is -4.45. The zero-order valence-corrected chi connectivity index (χ0v) is 18.8. The molecule has 3 aromatic rings. The molecule has 0 fully saturated rings. The van der Waals surface area contributed by atoms with Gasteiger partial charge in [-0.15, -0.1) is 0 Å². The van der Waals surface area contributed by atoms with Gasteiger partial charge in [0.05, 0.1) is 12.2 Å². The fourth-order valence-corrected chi connectivity index (χ4v) is 2.93. The summed E-state index contributed by atoms with van der Waals surface area (Å²) in [4.78, 5) is 35.2. The molecular weight excluding hydrogens is 432 g/mol. The maximum absolute atomic E-state index is 12.5. The molecular formula is C28H24O6. The topological polar surface area (TPSA) is 78.9 Å². The van der Waals surface area contributed by atoms with Crippen LogP contribution < -0.4 is 9.47 Å². The Morgan fingerprint density at radius 1 is 0.794 bits per heavy atom.